The van der Waals surface area contributed by atoms with Crippen LogP contribution in [0.1, 0.15) is 22.6 Å². The lowest BCUT2D eigenvalue weighted by Gasteiger charge is -2.25. The van der Waals surface area contributed by atoms with Gasteiger partial charge in [-0.2, -0.15) is 0 Å². The fourth-order valence-electron chi connectivity index (χ4n) is 5.26. The summed E-state index contributed by atoms with van der Waals surface area (Å²) in [4.78, 5) is 10.9. The Morgan fingerprint density at radius 3 is 1.45 bits per heavy atom. The van der Waals surface area contributed by atoms with Gasteiger partial charge >= 0.3 is 0 Å². The average Bonchev–Trinajstić information content (AvgIpc) is 2.98. The Hall–Kier alpha value is -5.18. The van der Waals surface area contributed by atoms with Crippen molar-refractivity contribution in [1.29, 1.82) is 0 Å². The Morgan fingerprint density at radius 1 is 0.650 bits per heavy atom. The SMILES string of the molecule is COc1cc(C(c2ccc([N+](=O)[O-])cc2)c2cc(OC)c3cccc(OC)c3c2O)c(O)c2c(OC)cccc12. The first-order valence-electron chi connectivity index (χ1n) is 12.3. The highest BCUT2D eigenvalue weighted by atomic mass is 16.6. The second-order valence-corrected chi connectivity index (χ2v) is 9.08. The molecule has 0 spiro atoms. The zero-order chi connectivity index (χ0) is 28.6. The lowest BCUT2D eigenvalue weighted by Crippen LogP contribution is -2.07. The van der Waals surface area contributed by atoms with E-state index in [2.05, 4.69) is 0 Å². The van der Waals surface area contributed by atoms with Crippen molar-refractivity contribution in [3.05, 3.63) is 99.6 Å². The van der Waals surface area contributed by atoms with E-state index >= 15 is 0 Å². The average molecular weight is 542 g/mol. The number of phenolic OH excluding ortho intramolecular Hbond substituents is 2. The maximum Gasteiger partial charge on any atom is 0.269 e. The van der Waals surface area contributed by atoms with E-state index in [9.17, 15) is 20.3 Å². The molecule has 0 aliphatic heterocycles. The van der Waals surface area contributed by atoms with Crippen LogP contribution in [0.25, 0.3) is 21.5 Å². The van der Waals surface area contributed by atoms with Crippen molar-refractivity contribution in [1.82, 2.24) is 0 Å². The monoisotopic (exact) mass is 541 g/mol. The summed E-state index contributed by atoms with van der Waals surface area (Å²) in [6, 6.07) is 20.0. The van der Waals surface area contributed by atoms with Gasteiger partial charge in [0.1, 0.15) is 34.5 Å². The van der Waals surface area contributed by atoms with E-state index in [1.54, 1.807) is 48.5 Å². The van der Waals surface area contributed by atoms with Crippen LogP contribution in [0.15, 0.2) is 72.8 Å². The highest BCUT2D eigenvalue weighted by Gasteiger charge is 2.29. The van der Waals surface area contributed by atoms with Gasteiger partial charge in [-0.3, -0.25) is 10.1 Å². The number of hydrogen-bond acceptors (Lipinski definition) is 8. The number of nitro groups is 1. The summed E-state index contributed by atoms with van der Waals surface area (Å²) in [5.41, 5.74) is 1.25. The number of non-ortho nitro benzene ring substituents is 1. The number of phenols is 2. The lowest BCUT2D eigenvalue weighted by molar-refractivity contribution is -0.384. The van der Waals surface area contributed by atoms with Crippen molar-refractivity contribution in [2.24, 2.45) is 0 Å². The molecule has 2 N–H and O–H groups in total. The van der Waals surface area contributed by atoms with E-state index in [-0.39, 0.29) is 17.2 Å². The van der Waals surface area contributed by atoms with Gasteiger partial charge in [-0.15, -0.1) is 0 Å². The molecular weight excluding hydrogens is 514 g/mol. The summed E-state index contributed by atoms with van der Waals surface area (Å²) in [5, 5.41) is 37.0. The first kappa shape index (κ1) is 26.4. The van der Waals surface area contributed by atoms with Crippen LogP contribution in [-0.2, 0) is 0 Å². The van der Waals surface area contributed by atoms with E-state index in [4.69, 9.17) is 18.9 Å². The third-order valence-corrected chi connectivity index (χ3v) is 7.12. The van der Waals surface area contributed by atoms with Crippen molar-refractivity contribution < 1.29 is 34.1 Å². The summed E-state index contributed by atoms with van der Waals surface area (Å²) in [5.74, 6) is 0.813. The van der Waals surface area contributed by atoms with Gasteiger partial charge in [0.15, 0.2) is 0 Å². The molecule has 204 valence electrons. The molecule has 0 saturated heterocycles. The topological polar surface area (TPSA) is 121 Å². The van der Waals surface area contributed by atoms with E-state index in [1.807, 2.05) is 12.1 Å². The summed E-state index contributed by atoms with van der Waals surface area (Å²) in [6.07, 6.45) is 0. The van der Waals surface area contributed by atoms with Crippen LogP contribution in [0.5, 0.6) is 34.5 Å². The van der Waals surface area contributed by atoms with Crippen molar-refractivity contribution >= 4 is 27.2 Å². The molecule has 0 atom stereocenters. The van der Waals surface area contributed by atoms with Crippen LogP contribution in [0, 0.1) is 10.1 Å². The molecule has 0 amide bonds. The molecule has 5 aromatic carbocycles. The van der Waals surface area contributed by atoms with Gasteiger partial charge in [0.05, 0.1) is 44.1 Å². The molecular formula is C31H27NO8. The fourth-order valence-corrected chi connectivity index (χ4v) is 5.26. The van der Waals surface area contributed by atoms with Gasteiger partial charge in [0.2, 0.25) is 0 Å². The Kier molecular flexibility index (Phi) is 6.96. The van der Waals surface area contributed by atoms with Gasteiger partial charge in [-0.1, -0.05) is 36.4 Å². The third kappa shape index (κ3) is 4.21. The molecule has 0 aliphatic carbocycles. The van der Waals surface area contributed by atoms with E-state index in [0.29, 0.717) is 61.2 Å². The molecule has 9 heteroatoms. The Bertz CT molecular complexity index is 1650. The number of rotatable bonds is 8. The van der Waals surface area contributed by atoms with Gasteiger partial charge < -0.3 is 29.2 Å². The number of aromatic hydroxyl groups is 2. The van der Waals surface area contributed by atoms with Crippen molar-refractivity contribution in [3.8, 4) is 34.5 Å². The van der Waals surface area contributed by atoms with Crippen LogP contribution < -0.4 is 18.9 Å². The summed E-state index contributed by atoms with van der Waals surface area (Å²) in [7, 11) is 6.07. The van der Waals surface area contributed by atoms with Gasteiger partial charge in [-0.05, 0) is 29.8 Å². The second-order valence-electron chi connectivity index (χ2n) is 9.08. The number of ether oxygens (including phenoxy) is 4. The zero-order valence-electron chi connectivity index (χ0n) is 22.3. The number of benzene rings is 5. The standard InChI is InChI=1S/C31H27NO8/c1-37-23-9-5-7-19-25(39-3)15-21(30(33)28(19)23)27(17-11-13-18(14-12-17)32(35)36)22-16-26(40-4)20-8-6-10-24(38-2)29(20)31(22)34/h5-16,27,33-34H,1-4H3. The fraction of sp³-hybridized carbons (Fsp3) is 0.161. The quantitative estimate of drug-likeness (QED) is 0.129. The lowest BCUT2D eigenvalue weighted by atomic mass is 9.81. The molecule has 0 heterocycles. The number of fused-ring (bicyclic) bond motifs is 2. The van der Waals surface area contributed by atoms with Gasteiger partial charge in [-0.25, -0.2) is 0 Å². The van der Waals surface area contributed by atoms with E-state index < -0.39 is 10.8 Å². The highest BCUT2D eigenvalue weighted by Crippen LogP contribution is 2.51. The molecule has 0 radical (unpaired) electrons. The van der Waals surface area contributed by atoms with Crippen LogP contribution >= 0.6 is 0 Å². The minimum Gasteiger partial charge on any atom is -0.507 e. The molecule has 5 rings (SSSR count). The Labute approximate surface area is 229 Å². The second kappa shape index (κ2) is 10.5. The number of nitro benzene ring substituents is 1. The summed E-state index contributed by atoms with van der Waals surface area (Å²) < 4.78 is 22.6. The number of hydrogen-bond donors (Lipinski definition) is 2. The van der Waals surface area contributed by atoms with Crippen molar-refractivity contribution in [3.63, 3.8) is 0 Å². The third-order valence-electron chi connectivity index (χ3n) is 7.12. The maximum absolute atomic E-state index is 11.8. The predicted molar refractivity (Wildman–Crippen MR) is 151 cm³/mol. The van der Waals surface area contributed by atoms with Gasteiger partial charge in [0, 0.05) is 39.9 Å². The van der Waals surface area contributed by atoms with Crippen LogP contribution in [0.3, 0.4) is 0 Å². The number of methoxy groups -OCH3 is 4. The molecule has 9 nitrogen and oxygen atoms in total. The first-order valence-corrected chi connectivity index (χ1v) is 12.3. The van der Waals surface area contributed by atoms with Crippen LogP contribution in [0.2, 0.25) is 0 Å². The molecule has 0 aromatic heterocycles. The zero-order valence-corrected chi connectivity index (χ0v) is 22.3. The normalized spacial score (nSPS) is 11.1. The Balaban J connectivity index is 1.92. The summed E-state index contributed by atoms with van der Waals surface area (Å²) in [6.45, 7) is 0. The van der Waals surface area contributed by atoms with Crippen LogP contribution in [-0.4, -0.2) is 43.6 Å². The molecule has 0 bridgehead atoms. The highest BCUT2D eigenvalue weighted by molar-refractivity contribution is 6.01. The molecule has 40 heavy (non-hydrogen) atoms. The largest absolute Gasteiger partial charge is 0.507 e. The molecule has 0 saturated carbocycles. The van der Waals surface area contributed by atoms with Crippen molar-refractivity contribution in [2.75, 3.05) is 28.4 Å². The Morgan fingerprint density at radius 2 is 1.07 bits per heavy atom. The maximum atomic E-state index is 11.8. The van der Waals surface area contributed by atoms with E-state index in [0.717, 1.165) is 0 Å². The molecule has 0 fully saturated rings. The molecule has 0 aliphatic rings. The summed E-state index contributed by atoms with van der Waals surface area (Å²) >= 11 is 0. The predicted octanol–water partition coefficient (Wildman–Crippen LogP) is 6.53. The van der Waals surface area contributed by atoms with Gasteiger partial charge in [0.25, 0.3) is 5.69 Å². The molecule has 0 unspecified atom stereocenters. The van der Waals surface area contributed by atoms with Crippen LogP contribution in [0.4, 0.5) is 5.69 Å². The minimum absolute atomic E-state index is 0.0879. The number of nitrogens with zero attached hydrogens (tertiary/aromatic N) is 1. The van der Waals surface area contributed by atoms with E-state index in [1.165, 1.54) is 40.6 Å². The smallest absolute Gasteiger partial charge is 0.269 e. The first-order chi connectivity index (χ1) is 19.3. The van der Waals surface area contributed by atoms with Crippen molar-refractivity contribution in [2.45, 2.75) is 5.92 Å². The molecule has 5 aromatic rings. The minimum atomic E-state index is -0.813.